The molecule has 0 amide bonds. The van der Waals surface area contributed by atoms with Crippen LogP contribution in [0.5, 0.6) is 0 Å². The van der Waals surface area contributed by atoms with Crippen LogP contribution < -0.4 is 0 Å². The third kappa shape index (κ3) is 3.55. The predicted molar refractivity (Wildman–Crippen MR) is 52.2 cm³/mol. The van der Waals surface area contributed by atoms with Gasteiger partial charge in [-0.05, 0) is 23.8 Å². The highest BCUT2D eigenvalue weighted by Crippen LogP contribution is 2.27. The minimum Gasteiger partial charge on any atom is -0.383 e. The lowest BCUT2D eigenvalue weighted by molar-refractivity contribution is -0.203. The van der Waals surface area contributed by atoms with Gasteiger partial charge in [-0.3, -0.25) is 0 Å². The Labute approximate surface area is 94.4 Å². The Hall–Kier alpha value is -0.450. The van der Waals surface area contributed by atoms with E-state index in [1.54, 1.807) is 0 Å². The smallest absolute Gasteiger partial charge is 0.383 e. The largest absolute Gasteiger partial charge is 0.414 e. The fraction of sp³-hybridized carbons (Fsp3) is 0.333. The van der Waals surface area contributed by atoms with Crippen LogP contribution in [-0.4, -0.2) is 17.4 Å². The average molecular weight is 259 g/mol. The standard InChI is InChI=1S/C9H7Cl2F3O/c10-6-1-2-7(11)5(3-6)4-8(15)9(12,13)14/h1-3,8,15H,4H2/t8-/m1/s1. The summed E-state index contributed by atoms with van der Waals surface area (Å²) in [4.78, 5) is 0. The Morgan fingerprint density at radius 3 is 2.40 bits per heavy atom. The Morgan fingerprint density at radius 1 is 1.27 bits per heavy atom. The summed E-state index contributed by atoms with van der Waals surface area (Å²) in [6.45, 7) is 0. The van der Waals surface area contributed by atoms with Crippen LogP contribution in [0.4, 0.5) is 13.2 Å². The van der Waals surface area contributed by atoms with Crippen LogP contribution in [0.2, 0.25) is 10.0 Å². The number of rotatable bonds is 2. The van der Waals surface area contributed by atoms with Crippen molar-refractivity contribution in [1.82, 2.24) is 0 Å². The van der Waals surface area contributed by atoms with Gasteiger partial charge in [0, 0.05) is 16.5 Å². The van der Waals surface area contributed by atoms with Crippen molar-refractivity contribution in [2.45, 2.75) is 18.7 Å². The Bertz CT molecular complexity index is 352. The van der Waals surface area contributed by atoms with Crippen molar-refractivity contribution in [3.05, 3.63) is 33.8 Å². The highest BCUT2D eigenvalue weighted by Gasteiger charge is 2.38. The molecular formula is C9H7Cl2F3O. The highest BCUT2D eigenvalue weighted by atomic mass is 35.5. The van der Waals surface area contributed by atoms with Gasteiger partial charge in [0.1, 0.15) is 0 Å². The minimum atomic E-state index is -4.65. The zero-order valence-corrected chi connectivity index (χ0v) is 8.87. The van der Waals surface area contributed by atoms with Crippen LogP contribution in [-0.2, 0) is 6.42 Å². The molecule has 0 aromatic heterocycles. The van der Waals surface area contributed by atoms with Crippen molar-refractivity contribution in [3.63, 3.8) is 0 Å². The normalized spacial score (nSPS) is 14.0. The van der Waals surface area contributed by atoms with Gasteiger partial charge in [0.15, 0.2) is 6.10 Å². The molecule has 0 aliphatic heterocycles. The molecule has 0 heterocycles. The van der Waals surface area contributed by atoms with E-state index in [1.807, 2.05) is 0 Å². The van der Waals surface area contributed by atoms with E-state index in [1.165, 1.54) is 18.2 Å². The first-order chi connectivity index (χ1) is 6.80. The number of halogens is 5. The van der Waals surface area contributed by atoms with Crippen molar-refractivity contribution in [3.8, 4) is 0 Å². The number of alkyl halides is 3. The van der Waals surface area contributed by atoms with Crippen molar-refractivity contribution in [2.24, 2.45) is 0 Å². The van der Waals surface area contributed by atoms with Crippen molar-refractivity contribution >= 4 is 23.2 Å². The van der Waals surface area contributed by atoms with Crippen molar-refractivity contribution in [1.29, 1.82) is 0 Å². The van der Waals surface area contributed by atoms with Crippen molar-refractivity contribution in [2.75, 3.05) is 0 Å². The fourth-order valence-corrected chi connectivity index (χ4v) is 1.41. The van der Waals surface area contributed by atoms with Gasteiger partial charge in [-0.25, -0.2) is 0 Å². The van der Waals surface area contributed by atoms with Gasteiger partial charge in [-0.15, -0.1) is 0 Å². The van der Waals surface area contributed by atoms with Gasteiger partial charge in [-0.2, -0.15) is 13.2 Å². The predicted octanol–water partition coefficient (Wildman–Crippen LogP) is 3.46. The monoisotopic (exact) mass is 258 g/mol. The number of hydrogen-bond acceptors (Lipinski definition) is 1. The van der Waals surface area contributed by atoms with E-state index in [2.05, 4.69) is 0 Å². The maximum Gasteiger partial charge on any atom is 0.414 e. The van der Waals surface area contributed by atoms with E-state index in [-0.39, 0.29) is 15.6 Å². The molecule has 0 unspecified atom stereocenters. The summed E-state index contributed by atoms with van der Waals surface area (Å²) in [6, 6.07) is 4.16. The summed E-state index contributed by atoms with van der Waals surface area (Å²) >= 11 is 11.2. The van der Waals surface area contributed by atoms with Crippen LogP contribution in [0, 0.1) is 0 Å². The zero-order chi connectivity index (χ0) is 11.6. The van der Waals surface area contributed by atoms with E-state index in [4.69, 9.17) is 28.3 Å². The molecule has 1 atom stereocenters. The maximum atomic E-state index is 12.0. The number of aliphatic hydroxyl groups excluding tert-OH is 1. The molecule has 0 fully saturated rings. The molecule has 0 saturated heterocycles. The van der Waals surface area contributed by atoms with Gasteiger partial charge < -0.3 is 5.11 Å². The molecule has 1 rings (SSSR count). The maximum absolute atomic E-state index is 12.0. The first-order valence-electron chi connectivity index (χ1n) is 3.99. The van der Waals surface area contributed by atoms with Crippen LogP contribution >= 0.6 is 23.2 Å². The second-order valence-corrected chi connectivity index (χ2v) is 3.84. The van der Waals surface area contributed by atoms with Gasteiger partial charge in [0.25, 0.3) is 0 Å². The lowest BCUT2D eigenvalue weighted by Gasteiger charge is -2.15. The third-order valence-electron chi connectivity index (χ3n) is 1.80. The molecule has 6 heteroatoms. The molecule has 0 saturated carbocycles. The zero-order valence-electron chi connectivity index (χ0n) is 7.35. The molecule has 1 aromatic carbocycles. The first kappa shape index (κ1) is 12.6. The van der Waals surface area contributed by atoms with E-state index >= 15 is 0 Å². The molecule has 15 heavy (non-hydrogen) atoms. The second-order valence-electron chi connectivity index (χ2n) is 3.00. The molecule has 0 bridgehead atoms. The van der Waals surface area contributed by atoms with E-state index in [0.29, 0.717) is 0 Å². The van der Waals surface area contributed by atoms with E-state index in [9.17, 15) is 13.2 Å². The molecule has 0 aliphatic rings. The molecular weight excluding hydrogens is 252 g/mol. The van der Waals surface area contributed by atoms with Crippen LogP contribution in [0.25, 0.3) is 0 Å². The number of benzene rings is 1. The lowest BCUT2D eigenvalue weighted by atomic mass is 10.1. The summed E-state index contributed by atoms with van der Waals surface area (Å²) in [7, 11) is 0. The van der Waals surface area contributed by atoms with Crippen LogP contribution in [0.15, 0.2) is 18.2 Å². The fourth-order valence-electron chi connectivity index (χ4n) is 1.02. The summed E-state index contributed by atoms with van der Waals surface area (Å²) in [6.07, 6.45) is -7.66. The molecule has 1 nitrogen and oxygen atoms in total. The summed E-state index contributed by atoms with van der Waals surface area (Å²) in [5, 5.41) is 9.26. The lowest BCUT2D eigenvalue weighted by Crippen LogP contribution is -2.30. The van der Waals surface area contributed by atoms with E-state index in [0.717, 1.165) is 0 Å². The number of aliphatic hydroxyl groups is 1. The molecule has 0 spiro atoms. The number of hydrogen-bond donors (Lipinski definition) is 1. The van der Waals surface area contributed by atoms with Gasteiger partial charge >= 0.3 is 6.18 Å². The Balaban J connectivity index is 2.85. The third-order valence-corrected chi connectivity index (χ3v) is 2.40. The van der Waals surface area contributed by atoms with Gasteiger partial charge in [-0.1, -0.05) is 23.2 Å². The van der Waals surface area contributed by atoms with Crippen LogP contribution in [0.3, 0.4) is 0 Å². The topological polar surface area (TPSA) is 20.2 Å². The summed E-state index contributed by atoms with van der Waals surface area (Å²) in [5.74, 6) is 0. The first-order valence-corrected chi connectivity index (χ1v) is 4.75. The van der Waals surface area contributed by atoms with E-state index < -0.39 is 18.7 Å². The van der Waals surface area contributed by atoms with Gasteiger partial charge in [0.2, 0.25) is 0 Å². The Kier molecular flexibility index (Phi) is 3.87. The van der Waals surface area contributed by atoms with Gasteiger partial charge in [0.05, 0.1) is 0 Å². The Morgan fingerprint density at radius 2 is 1.87 bits per heavy atom. The molecule has 84 valence electrons. The molecule has 0 aliphatic carbocycles. The molecule has 0 radical (unpaired) electrons. The highest BCUT2D eigenvalue weighted by molar-refractivity contribution is 6.33. The quantitative estimate of drug-likeness (QED) is 0.862. The van der Waals surface area contributed by atoms with Crippen molar-refractivity contribution < 1.29 is 18.3 Å². The summed E-state index contributed by atoms with van der Waals surface area (Å²) in [5.41, 5.74) is 0.175. The summed E-state index contributed by atoms with van der Waals surface area (Å²) < 4.78 is 36.1. The average Bonchev–Trinajstić information content (AvgIpc) is 2.09. The SMILES string of the molecule is O[C@H](Cc1cc(Cl)ccc1Cl)C(F)(F)F. The van der Waals surface area contributed by atoms with Crippen LogP contribution in [0.1, 0.15) is 5.56 Å². The minimum absolute atomic E-state index is 0.155. The molecule has 1 aromatic rings. The molecule has 1 N–H and O–H groups in total. The second kappa shape index (κ2) is 4.60.